The summed E-state index contributed by atoms with van der Waals surface area (Å²) in [5.74, 6) is -1.16. The minimum absolute atomic E-state index is 0.0780. The van der Waals surface area contributed by atoms with Gasteiger partial charge in [0.05, 0.1) is 6.61 Å². The first-order chi connectivity index (χ1) is 6.54. The number of nitrogens with two attached hydrogens (primary N) is 1. The van der Waals surface area contributed by atoms with E-state index in [1.807, 2.05) is 0 Å². The molecular weight excluding hydrogens is 219 g/mol. The number of halogens is 3. The molecule has 0 fully saturated rings. The van der Waals surface area contributed by atoms with Crippen molar-refractivity contribution < 1.29 is 17.9 Å². The van der Waals surface area contributed by atoms with Crippen molar-refractivity contribution in [3.8, 4) is 5.19 Å². The van der Waals surface area contributed by atoms with Crippen molar-refractivity contribution in [3.63, 3.8) is 0 Å². The predicted molar refractivity (Wildman–Crippen MR) is 44.1 cm³/mol. The van der Waals surface area contributed by atoms with Gasteiger partial charge in [0.25, 0.3) is 11.0 Å². The molecule has 1 aromatic rings. The van der Waals surface area contributed by atoms with Crippen LogP contribution in [0.3, 0.4) is 0 Å². The third kappa shape index (κ3) is 3.11. The highest BCUT2D eigenvalue weighted by atomic mass is 32.1. The van der Waals surface area contributed by atoms with Crippen LogP contribution in [0.1, 0.15) is 12.2 Å². The molecule has 0 amide bonds. The highest BCUT2D eigenvalue weighted by Crippen LogP contribution is 2.29. The molecule has 0 saturated heterocycles. The van der Waals surface area contributed by atoms with E-state index < -0.39 is 12.0 Å². The summed E-state index contributed by atoms with van der Waals surface area (Å²) in [5.41, 5.74) is 5.17. The van der Waals surface area contributed by atoms with Gasteiger partial charge in [-0.3, -0.25) is 0 Å². The molecule has 0 aliphatic rings. The normalized spacial score (nSPS) is 11.7. The molecule has 2 N–H and O–H groups in total. The zero-order chi connectivity index (χ0) is 10.6. The number of aromatic nitrogens is 2. The van der Waals surface area contributed by atoms with E-state index in [0.29, 0.717) is 24.5 Å². The summed E-state index contributed by atoms with van der Waals surface area (Å²) in [6, 6.07) is 0. The highest BCUT2D eigenvalue weighted by Gasteiger charge is 2.36. The SMILES string of the molecule is NCCCOc1nc(C(F)(F)F)ns1. The Morgan fingerprint density at radius 3 is 2.64 bits per heavy atom. The number of ether oxygens (including phenoxy) is 1. The Kier molecular flexibility index (Phi) is 3.64. The first kappa shape index (κ1) is 11.2. The molecule has 1 aromatic heterocycles. The van der Waals surface area contributed by atoms with Crippen LogP contribution in [-0.4, -0.2) is 22.5 Å². The van der Waals surface area contributed by atoms with E-state index in [4.69, 9.17) is 10.5 Å². The summed E-state index contributed by atoms with van der Waals surface area (Å²) in [7, 11) is 0. The summed E-state index contributed by atoms with van der Waals surface area (Å²) in [5, 5.41) is -0.0780. The molecule has 0 aliphatic carbocycles. The van der Waals surface area contributed by atoms with Crippen molar-refractivity contribution >= 4 is 11.5 Å². The number of rotatable bonds is 4. The zero-order valence-electron chi connectivity index (χ0n) is 7.04. The summed E-state index contributed by atoms with van der Waals surface area (Å²) < 4.78 is 44.0. The van der Waals surface area contributed by atoms with E-state index >= 15 is 0 Å². The second-order valence-corrected chi connectivity index (χ2v) is 3.09. The summed E-state index contributed by atoms with van der Waals surface area (Å²) in [4.78, 5) is 3.17. The predicted octanol–water partition coefficient (Wildman–Crippen LogP) is 1.28. The van der Waals surface area contributed by atoms with Crippen LogP contribution in [0, 0.1) is 0 Å². The highest BCUT2D eigenvalue weighted by molar-refractivity contribution is 7.07. The van der Waals surface area contributed by atoms with Crippen LogP contribution in [0.4, 0.5) is 13.2 Å². The van der Waals surface area contributed by atoms with E-state index in [2.05, 4.69) is 9.36 Å². The third-order valence-corrected chi connectivity index (χ3v) is 1.86. The number of hydrogen-bond donors (Lipinski definition) is 1. The van der Waals surface area contributed by atoms with Gasteiger partial charge >= 0.3 is 6.18 Å². The number of hydrogen-bond acceptors (Lipinski definition) is 5. The smallest absolute Gasteiger partial charge is 0.452 e. The van der Waals surface area contributed by atoms with E-state index in [-0.39, 0.29) is 11.8 Å². The van der Waals surface area contributed by atoms with Gasteiger partial charge in [-0.05, 0) is 13.0 Å². The maximum absolute atomic E-state index is 12.0. The Labute approximate surface area is 82.1 Å². The maximum Gasteiger partial charge on any atom is 0.452 e. The fourth-order valence-corrected chi connectivity index (χ4v) is 1.20. The molecule has 0 unspecified atom stereocenters. The first-order valence-electron chi connectivity index (χ1n) is 3.78. The quantitative estimate of drug-likeness (QED) is 0.787. The van der Waals surface area contributed by atoms with E-state index in [0.717, 1.165) is 0 Å². The van der Waals surface area contributed by atoms with Crippen molar-refractivity contribution in [2.45, 2.75) is 12.6 Å². The van der Waals surface area contributed by atoms with Crippen molar-refractivity contribution in [2.75, 3.05) is 13.2 Å². The Hall–Kier alpha value is -0.890. The molecule has 0 radical (unpaired) electrons. The van der Waals surface area contributed by atoms with Crippen LogP contribution in [0.15, 0.2) is 0 Å². The minimum Gasteiger partial charge on any atom is -0.469 e. The molecule has 80 valence electrons. The van der Waals surface area contributed by atoms with Crippen molar-refractivity contribution in [3.05, 3.63) is 5.82 Å². The summed E-state index contributed by atoms with van der Waals surface area (Å²) >= 11 is 0.583. The number of alkyl halides is 3. The average molecular weight is 227 g/mol. The molecule has 0 spiro atoms. The van der Waals surface area contributed by atoms with Gasteiger partial charge in [0.1, 0.15) is 0 Å². The standard InChI is InChI=1S/C6H8F3N3OS/c7-6(8,9)4-11-5(14-12-4)13-3-1-2-10/h1-3,10H2. The van der Waals surface area contributed by atoms with Gasteiger partial charge < -0.3 is 10.5 Å². The van der Waals surface area contributed by atoms with Crippen molar-refractivity contribution in [2.24, 2.45) is 5.73 Å². The molecule has 4 nitrogen and oxygen atoms in total. The molecule has 0 saturated carbocycles. The lowest BCUT2D eigenvalue weighted by Crippen LogP contribution is -2.08. The van der Waals surface area contributed by atoms with Gasteiger partial charge in [0.2, 0.25) is 0 Å². The van der Waals surface area contributed by atoms with E-state index in [9.17, 15) is 13.2 Å². The van der Waals surface area contributed by atoms with E-state index in [1.165, 1.54) is 0 Å². The molecule has 0 bridgehead atoms. The second-order valence-electron chi connectivity index (χ2n) is 2.37. The van der Waals surface area contributed by atoms with Crippen LogP contribution in [-0.2, 0) is 6.18 Å². The van der Waals surface area contributed by atoms with Gasteiger partial charge in [-0.25, -0.2) is 0 Å². The van der Waals surface area contributed by atoms with Crippen LogP contribution < -0.4 is 10.5 Å². The van der Waals surface area contributed by atoms with Gasteiger partial charge in [-0.2, -0.15) is 22.5 Å². The van der Waals surface area contributed by atoms with Gasteiger partial charge in [-0.1, -0.05) is 0 Å². The molecule has 8 heteroatoms. The topological polar surface area (TPSA) is 61.0 Å². The fraction of sp³-hybridized carbons (Fsp3) is 0.667. The van der Waals surface area contributed by atoms with E-state index in [1.54, 1.807) is 0 Å². The van der Waals surface area contributed by atoms with Crippen LogP contribution >= 0.6 is 11.5 Å². The Balaban J connectivity index is 2.51. The van der Waals surface area contributed by atoms with Crippen LogP contribution in [0.25, 0.3) is 0 Å². The molecule has 14 heavy (non-hydrogen) atoms. The Morgan fingerprint density at radius 1 is 1.43 bits per heavy atom. The third-order valence-electron chi connectivity index (χ3n) is 1.23. The van der Waals surface area contributed by atoms with Crippen LogP contribution in [0.2, 0.25) is 0 Å². The average Bonchev–Trinajstić information content (AvgIpc) is 2.52. The largest absolute Gasteiger partial charge is 0.469 e. The molecule has 1 rings (SSSR count). The summed E-state index contributed by atoms with van der Waals surface area (Å²) in [6.07, 6.45) is -3.94. The van der Waals surface area contributed by atoms with Gasteiger partial charge in [-0.15, -0.1) is 0 Å². The van der Waals surface area contributed by atoms with Crippen molar-refractivity contribution in [1.29, 1.82) is 0 Å². The van der Waals surface area contributed by atoms with Gasteiger partial charge in [0, 0.05) is 11.5 Å². The first-order valence-corrected chi connectivity index (χ1v) is 4.55. The lowest BCUT2D eigenvalue weighted by atomic mass is 10.5. The lowest BCUT2D eigenvalue weighted by molar-refractivity contribution is -0.144. The molecule has 0 aliphatic heterocycles. The Bertz CT molecular complexity index is 288. The monoisotopic (exact) mass is 227 g/mol. The number of nitrogens with zero attached hydrogens (tertiary/aromatic N) is 2. The zero-order valence-corrected chi connectivity index (χ0v) is 7.86. The lowest BCUT2D eigenvalue weighted by Gasteiger charge is -1.99. The molecular formula is C6H8F3N3OS. The minimum atomic E-state index is -4.51. The molecule has 1 heterocycles. The maximum atomic E-state index is 12.0. The van der Waals surface area contributed by atoms with Crippen molar-refractivity contribution in [1.82, 2.24) is 9.36 Å². The van der Waals surface area contributed by atoms with Gasteiger partial charge in [0.15, 0.2) is 0 Å². The fourth-order valence-electron chi connectivity index (χ4n) is 0.626. The second kappa shape index (κ2) is 4.56. The Morgan fingerprint density at radius 2 is 2.14 bits per heavy atom. The van der Waals surface area contributed by atoms with Crippen LogP contribution in [0.5, 0.6) is 5.19 Å². The molecule has 0 atom stereocenters. The molecule has 0 aromatic carbocycles. The summed E-state index contributed by atoms with van der Waals surface area (Å²) in [6.45, 7) is 0.675.